The van der Waals surface area contributed by atoms with Crippen LogP contribution in [0.3, 0.4) is 0 Å². The van der Waals surface area contributed by atoms with E-state index in [4.69, 9.17) is 16.0 Å². The summed E-state index contributed by atoms with van der Waals surface area (Å²) in [7, 11) is 0. The highest BCUT2D eigenvalue weighted by Crippen LogP contribution is 2.29. The number of aromatic nitrogens is 3. The lowest BCUT2D eigenvalue weighted by molar-refractivity contribution is -0.115. The van der Waals surface area contributed by atoms with Gasteiger partial charge in [-0.2, -0.15) is 0 Å². The number of halogens is 1. The number of anilines is 2. The average molecular weight is 460 g/mol. The summed E-state index contributed by atoms with van der Waals surface area (Å²) in [5, 5.41) is 12.8. The number of piperidine rings is 1. The van der Waals surface area contributed by atoms with Crippen molar-refractivity contribution in [2.24, 2.45) is 5.92 Å². The van der Waals surface area contributed by atoms with E-state index in [2.05, 4.69) is 27.3 Å². The van der Waals surface area contributed by atoms with Crippen LogP contribution in [0.1, 0.15) is 32.4 Å². The molecule has 1 aromatic carbocycles. The van der Waals surface area contributed by atoms with Crippen LogP contribution in [0.5, 0.6) is 0 Å². The number of benzene rings is 1. The summed E-state index contributed by atoms with van der Waals surface area (Å²) in [6, 6.07) is 10.9. The molecule has 0 aliphatic carbocycles. The van der Waals surface area contributed by atoms with Gasteiger partial charge in [-0.05, 0) is 62.1 Å². The molecule has 1 fully saturated rings. The van der Waals surface area contributed by atoms with Crippen molar-refractivity contribution in [2.75, 3.05) is 23.3 Å². The first-order chi connectivity index (χ1) is 15.0. The fraction of sp³-hybridized carbons (Fsp3) is 0.409. The lowest BCUT2D eigenvalue weighted by atomic mass is 10.0. The SMILES string of the molecule is C[C@@H]1CCCN(c2nnc(S[C@@H](C)C(=O)Nc3ccc(Cl)cc3)n2Cc2ccco2)C1. The Balaban J connectivity index is 1.52. The van der Waals surface area contributed by atoms with Crippen LogP contribution < -0.4 is 10.2 Å². The standard InChI is InChI=1S/C22H26ClN5O2S/c1-15-5-3-11-27(13-15)21-25-26-22(28(21)14-19-6-4-12-30-19)31-16(2)20(29)24-18-9-7-17(23)8-10-18/h4,6-10,12,15-16H,3,5,11,13-14H2,1-2H3,(H,24,29)/t15-,16+/m1/s1. The molecule has 7 nitrogen and oxygen atoms in total. The van der Waals surface area contributed by atoms with Crippen molar-refractivity contribution in [3.05, 3.63) is 53.4 Å². The Labute approximate surface area is 191 Å². The monoisotopic (exact) mass is 459 g/mol. The zero-order valence-electron chi connectivity index (χ0n) is 17.6. The van der Waals surface area contributed by atoms with Crippen LogP contribution in [0.15, 0.2) is 52.2 Å². The highest BCUT2D eigenvalue weighted by atomic mass is 35.5. The van der Waals surface area contributed by atoms with Crippen molar-refractivity contribution < 1.29 is 9.21 Å². The molecule has 0 bridgehead atoms. The number of hydrogen-bond donors (Lipinski definition) is 1. The van der Waals surface area contributed by atoms with E-state index >= 15 is 0 Å². The molecule has 31 heavy (non-hydrogen) atoms. The van der Waals surface area contributed by atoms with Crippen LogP contribution in [0.4, 0.5) is 11.6 Å². The van der Waals surface area contributed by atoms with Crippen molar-refractivity contribution >= 4 is 40.9 Å². The van der Waals surface area contributed by atoms with Gasteiger partial charge < -0.3 is 14.6 Å². The zero-order chi connectivity index (χ0) is 21.8. The Bertz CT molecular complexity index is 1010. The van der Waals surface area contributed by atoms with Gasteiger partial charge >= 0.3 is 0 Å². The molecule has 3 aromatic rings. The molecular formula is C22H26ClN5O2S. The molecule has 0 spiro atoms. The van der Waals surface area contributed by atoms with Gasteiger partial charge in [-0.25, -0.2) is 0 Å². The Morgan fingerprint density at radius 3 is 2.84 bits per heavy atom. The predicted molar refractivity (Wildman–Crippen MR) is 124 cm³/mol. The summed E-state index contributed by atoms with van der Waals surface area (Å²) in [4.78, 5) is 15.0. The minimum atomic E-state index is -0.358. The van der Waals surface area contributed by atoms with Crippen LogP contribution in [0.25, 0.3) is 0 Å². The minimum absolute atomic E-state index is 0.104. The van der Waals surface area contributed by atoms with Gasteiger partial charge in [0.1, 0.15) is 5.76 Å². The number of carbonyl (C=O) groups excluding carboxylic acids is 1. The zero-order valence-corrected chi connectivity index (χ0v) is 19.2. The second-order valence-corrected chi connectivity index (χ2v) is 9.64. The molecule has 0 saturated carbocycles. The molecular weight excluding hydrogens is 434 g/mol. The van der Waals surface area contributed by atoms with Crippen molar-refractivity contribution in [2.45, 2.75) is 43.6 Å². The maximum Gasteiger partial charge on any atom is 0.237 e. The largest absolute Gasteiger partial charge is 0.467 e. The maximum atomic E-state index is 12.7. The van der Waals surface area contributed by atoms with Gasteiger partial charge in [-0.15, -0.1) is 10.2 Å². The fourth-order valence-corrected chi connectivity index (χ4v) is 4.63. The lowest BCUT2D eigenvalue weighted by Gasteiger charge is -2.31. The first-order valence-corrected chi connectivity index (χ1v) is 11.7. The van der Waals surface area contributed by atoms with Crippen molar-refractivity contribution in [1.82, 2.24) is 14.8 Å². The summed E-state index contributed by atoms with van der Waals surface area (Å²) in [5.41, 5.74) is 0.710. The van der Waals surface area contributed by atoms with Crippen molar-refractivity contribution in [3.8, 4) is 0 Å². The Kier molecular flexibility index (Phi) is 6.87. The molecule has 9 heteroatoms. The highest BCUT2D eigenvalue weighted by Gasteiger charge is 2.26. The van der Waals surface area contributed by atoms with Gasteiger partial charge in [0, 0.05) is 23.8 Å². The molecule has 1 saturated heterocycles. The summed E-state index contributed by atoms with van der Waals surface area (Å²) >= 11 is 7.31. The molecule has 1 N–H and O–H groups in total. The van der Waals surface area contributed by atoms with Crippen LogP contribution >= 0.6 is 23.4 Å². The molecule has 2 aromatic heterocycles. The molecule has 1 amide bonds. The number of nitrogens with one attached hydrogen (secondary N) is 1. The van der Waals surface area contributed by atoms with E-state index in [1.165, 1.54) is 18.2 Å². The quantitative estimate of drug-likeness (QED) is 0.505. The maximum absolute atomic E-state index is 12.7. The molecule has 4 rings (SSSR count). The predicted octanol–water partition coefficient (Wildman–Crippen LogP) is 4.93. The normalized spacial score (nSPS) is 17.5. The van der Waals surface area contributed by atoms with Crippen molar-refractivity contribution in [1.29, 1.82) is 0 Å². The second-order valence-electron chi connectivity index (χ2n) is 7.90. The molecule has 3 heterocycles. The lowest BCUT2D eigenvalue weighted by Crippen LogP contribution is -2.36. The molecule has 164 valence electrons. The van der Waals surface area contributed by atoms with E-state index in [0.29, 0.717) is 28.3 Å². The van der Waals surface area contributed by atoms with E-state index in [1.54, 1.807) is 30.5 Å². The minimum Gasteiger partial charge on any atom is -0.467 e. The van der Waals surface area contributed by atoms with Gasteiger partial charge in [0.15, 0.2) is 5.16 Å². The van der Waals surface area contributed by atoms with Gasteiger partial charge in [0.2, 0.25) is 11.9 Å². The van der Waals surface area contributed by atoms with Crippen LogP contribution in [0.2, 0.25) is 5.02 Å². The number of thioether (sulfide) groups is 1. The molecule has 0 radical (unpaired) electrons. The van der Waals surface area contributed by atoms with E-state index < -0.39 is 0 Å². The van der Waals surface area contributed by atoms with Crippen molar-refractivity contribution in [3.63, 3.8) is 0 Å². The fourth-order valence-electron chi connectivity index (χ4n) is 3.66. The van der Waals surface area contributed by atoms with Crippen LogP contribution in [-0.4, -0.2) is 39.0 Å². The first kappa shape index (κ1) is 21.8. The van der Waals surface area contributed by atoms with Crippen LogP contribution in [0, 0.1) is 5.92 Å². The Morgan fingerprint density at radius 1 is 1.32 bits per heavy atom. The third-order valence-electron chi connectivity index (χ3n) is 5.29. The van der Waals surface area contributed by atoms with Gasteiger partial charge in [0.25, 0.3) is 0 Å². The third kappa shape index (κ3) is 5.43. The second kappa shape index (κ2) is 9.78. The van der Waals surface area contributed by atoms with E-state index in [0.717, 1.165) is 31.2 Å². The topological polar surface area (TPSA) is 76.2 Å². The van der Waals surface area contributed by atoms with Crippen LogP contribution in [-0.2, 0) is 11.3 Å². The molecule has 0 unspecified atom stereocenters. The molecule has 2 atom stereocenters. The molecule has 1 aliphatic rings. The number of carbonyl (C=O) groups is 1. The molecule has 1 aliphatic heterocycles. The number of nitrogens with zero attached hydrogens (tertiary/aromatic N) is 4. The number of rotatable bonds is 7. The number of hydrogen-bond acceptors (Lipinski definition) is 6. The van der Waals surface area contributed by atoms with Gasteiger partial charge in [-0.1, -0.05) is 30.3 Å². The first-order valence-electron chi connectivity index (χ1n) is 10.4. The number of amides is 1. The Hall–Kier alpha value is -2.45. The summed E-state index contributed by atoms with van der Waals surface area (Å²) in [5.74, 6) is 2.16. The van der Waals surface area contributed by atoms with Gasteiger partial charge in [0.05, 0.1) is 18.1 Å². The van der Waals surface area contributed by atoms with Gasteiger partial charge in [-0.3, -0.25) is 9.36 Å². The van der Waals surface area contributed by atoms with E-state index in [-0.39, 0.29) is 11.2 Å². The summed E-state index contributed by atoms with van der Waals surface area (Å²) < 4.78 is 7.62. The smallest absolute Gasteiger partial charge is 0.237 e. The Morgan fingerprint density at radius 2 is 2.13 bits per heavy atom. The summed E-state index contributed by atoms with van der Waals surface area (Å²) in [6.45, 7) is 6.56. The van der Waals surface area contributed by atoms with E-state index in [1.807, 2.05) is 23.6 Å². The van der Waals surface area contributed by atoms with E-state index in [9.17, 15) is 4.79 Å². The highest BCUT2D eigenvalue weighted by molar-refractivity contribution is 8.00. The average Bonchev–Trinajstić information content (AvgIpc) is 3.40. The third-order valence-corrected chi connectivity index (χ3v) is 6.63. The summed E-state index contributed by atoms with van der Waals surface area (Å²) in [6.07, 6.45) is 4.03. The number of furan rings is 1.